The molecule has 3 nitrogen and oxygen atoms in total. The van der Waals surface area contributed by atoms with E-state index in [1.54, 1.807) is 6.07 Å². The Balaban J connectivity index is 1.79. The molecular weight excluding hydrogens is 309 g/mol. The van der Waals surface area contributed by atoms with Crippen LogP contribution in [0.15, 0.2) is 17.7 Å². The van der Waals surface area contributed by atoms with Gasteiger partial charge in [0.05, 0.1) is 18.2 Å². The molecule has 1 atom stereocenters. The molecule has 1 aromatic carbocycles. The highest BCUT2D eigenvalue weighted by molar-refractivity contribution is 6.36. The van der Waals surface area contributed by atoms with Crippen LogP contribution in [0.5, 0.6) is 5.75 Å². The van der Waals surface area contributed by atoms with Gasteiger partial charge < -0.3 is 9.47 Å². The molecule has 1 aliphatic carbocycles. The minimum atomic E-state index is -0.325. The quantitative estimate of drug-likeness (QED) is 0.779. The maximum absolute atomic E-state index is 6.48. The highest BCUT2D eigenvalue weighted by atomic mass is 35.5. The second-order valence-corrected chi connectivity index (χ2v) is 6.66. The average Bonchev–Trinajstić information content (AvgIpc) is 2.90. The summed E-state index contributed by atoms with van der Waals surface area (Å²) in [5.41, 5.74) is 2.01. The Hall–Kier alpha value is -0.740. The minimum absolute atomic E-state index is 0.325. The van der Waals surface area contributed by atoms with Crippen molar-refractivity contribution in [2.45, 2.75) is 25.0 Å². The summed E-state index contributed by atoms with van der Waals surface area (Å²) in [4.78, 5) is 2.41. The van der Waals surface area contributed by atoms with E-state index in [1.165, 1.54) is 5.57 Å². The van der Waals surface area contributed by atoms with E-state index < -0.39 is 0 Å². The van der Waals surface area contributed by atoms with Crippen molar-refractivity contribution in [1.82, 2.24) is 4.90 Å². The Kier molecular flexibility index (Phi) is 3.42. The molecule has 0 unspecified atom stereocenters. The fourth-order valence-electron chi connectivity index (χ4n) is 3.68. The zero-order valence-electron chi connectivity index (χ0n) is 11.7. The van der Waals surface area contributed by atoms with Gasteiger partial charge in [0.2, 0.25) is 0 Å². The number of morpholine rings is 1. The van der Waals surface area contributed by atoms with E-state index >= 15 is 0 Å². The van der Waals surface area contributed by atoms with Crippen LogP contribution in [0.3, 0.4) is 0 Å². The fraction of sp³-hybridized carbons (Fsp3) is 0.500. The van der Waals surface area contributed by atoms with E-state index in [0.29, 0.717) is 10.0 Å². The van der Waals surface area contributed by atoms with Crippen molar-refractivity contribution in [1.29, 1.82) is 0 Å². The summed E-state index contributed by atoms with van der Waals surface area (Å²) in [5.74, 6) is 0.762. The molecule has 0 amide bonds. The van der Waals surface area contributed by atoms with Crippen molar-refractivity contribution < 1.29 is 9.47 Å². The van der Waals surface area contributed by atoms with Gasteiger partial charge in [-0.2, -0.15) is 0 Å². The van der Waals surface area contributed by atoms with E-state index in [2.05, 4.69) is 11.0 Å². The predicted octanol–water partition coefficient (Wildman–Crippen LogP) is 3.98. The second-order valence-electron chi connectivity index (χ2n) is 5.81. The van der Waals surface area contributed by atoms with Crippen LogP contribution in [0.1, 0.15) is 24.8 Å². The molecule has 2 fully saturated rings. The van der Waals surface area contributed by atoms with Crippen LogP contribution in [0.4, 0.5) is 0 Å². The first-order valence-electron chi connectivity index (χ1n) is 7.41. The molecule has 3 aliphatic rings. The molecule has 1 saturated carbocycles. The SMILES string of the molecule is Clc1cc(Cl)c2c(c1)C=C1CCC[C@]1(N1CCOCC1)O2. The highest BCUT2D eigenvalue weighted by Crippen LogP contribution is 2.49. The topological polar surface area (TPSA) is 21.7 Å². The molecular formula is C16H17Cl2NO2. The third kappa shape index (κ3) is 2.18. The number of benzene rings is 1. The normalized spacial score (nSPS) is 28.6. The van der Waals surface area contributed by atoms with Crippen LogP contribution >= 0.6 is 23.2 Å². The number of hydrogen-bond acceptors (Lipinski definition) is 3. The monoisotopic (exact) mass is 325 g/mol. The maximum Gasteiger partial charge on any atom is 0.186 e. The lowest BCUT2D eigenvalue weighted by atomic mass is 9.97. The van der Waals surface area contributed by atoms with E-state index in [9.17, 15) is 0 Å². The fourth-order valence-corrected chi connectivity index (χ4v) is 4.23. The molecule has 0 bridgehead atoms. The Morgan fingerprint density at radius 2 is 1.95 bits per heavy atom. The molecule has 0 aromatic heterocycles. The summed E-state index contributed by atoms with van der Waals surface area (Å²) in [6.07, 6.45) is 5.44. The Morgan fingerprint density at radius 3 is 2.76 bits per heavy atom. The number of hydrogen-bond donors (Lipinski definition) is 0. The first-order valence-corrected chi connectivity index (χ1v) is 8.16. The summed E-state index contributed by atoms with van der Waals surface area (Å²) >= 11 is 12.5. The van der Waals surface area contributed by atoms with Gasteiger partial charge in [-0.3, -0.25) is 4.90 Å². The van der Waals surface area contributed by atoms with E-state index in [1.807, 2.05) is 6.07 Å². The highest BCUT2D eigenvalue weighted by Gasteiger charge is 2.48. The van der Waals surface area contributed by atoms with Gasteiger partial charge in [0, 0.05) is 30.1 Å². The zero-order chi connectivity index (χ0) is 14.4. The van der Waals surface area contributed by atoms with Crippen molar-refractivity contribution in [2.24, 2.45) is 0 Å². The molecule has 1 saturated heterocycles. The van der Waals surface area contributed by atoms with Crippen LogP contribution in [0.25, 0.3) is 6.08 Å². The van der Waals surface area contributed by atoms with Gasteiger partial charge in [0.15, 0.2) is 5.72 Å². The zero-order valence-corrected chi connectivity index (χ0v) is 13.2. The molecule has 4 rings (SSSR count). The van der Waals surface area contributed by atoms with E-state index in [4.69, 9.17) is 32.7 Å². The van der Waals surface area contributed by atoms with Crippen LogP contribution in [0.2, 0.25) is 10.0 Å². The number of halogens is 2. The number of rotatable bonds is 1. The molecule has 5 heteroatoms. The molecule has 0 N–H and O–H groups in total. The first kappa shape index (κ1) is 13.9. The third-order valence-electron chi connectivity index (χ3n) is 4.62. The Bertz CT molecular complexity index is 611. The van der Waals surface area contributed by atoms with Gasteiger partial charge in [-0.15, -0.1) is 0 Å². The lowest BCUT2D eigenvalue weighted by molar-refractivity contribution is -0.0966. The van der Waals surface area contributed by atoms with Gasteiger partial charge in [-0.25, -0.2) is 0 Å². The number of fused-ring (bicyclic) bond motifs is 2. The number of nitrogens with zero attached hydrogens (tertiary/aromatic N) is 1. The number of ether oxygens (including phenoxy) is 2. The summed E-state index contributed by atoms with van der Waals surface area (Å²) in [6, 6.07) is 3.68. The van der Waals surface area contributed by atoms with Crippen LogP contribution < -0.4 is 4.74 Å². The lowest BCUT2D eigenvalue weighted by Gasteiger charge is -2.46. The molecule has 2 heterocycles. The molecule has 2 aliphatic heterocycles. The molecule has 1 aromatic rings. The van der Waals surface area contributed by atoms with Gasteiger partial charge in [-0.05, 0) is 36.6 Å². The third-order valence-corrected chi connectivity index (χ3v) is 5.12. The summed E-state index contributed by atoms with van der Waals surface area (Å²) < 4.78 is 12.0. The first-order chi connectivity index (χ1) is 10.2. The van der Waals surface area contributed by atoms with Crippen molar-refractivity contribution >= 4 is 29.3 Å². The van der Waals surface area contributed by atoms with Gasteiger partial charge in [0.25, 0.3) is 0 Å². The summed E-state index contributed by atoms with van der Waals surface area (Å²) in [5, 5.41) is 1.24. The molecule has 0 radical (unpaired) electrons. The van der Waals surface area contributed by atoms with Crippen LogP contribution in [0, 0.1) is 0 Å². The Morgan fingerprint density at radius 1 is 1.14 bits per heavy atom. The van der Waals surface area contributed by atoms with Crippen LogP contribution in [-0.4, -0.2) is 36.9 Å². The Labute approximate surface area is 134 Å². The molecule has 21 heavy (non-hydrogen) atoms. The maximum atomic E-state index is 6.48. The predicted molar refractivity (Wildman–Crippen MR) is 84.0 cm³/mol. The van der Waals surface area contributed by atoms with Crippen molar-refractivity contribution in [3.8, 4) is 5.75 Å². The van der Waals surface area contributed by atoms with Crippen molar-refractivity contribution in [2.75, 3.05) is 26.3 Å². The summed E-state index contributed by atoms with van der Waals surface area (Å²) in [7, 11) is 0. The standard InChI is InChI=1S/C16H17Cl2NO2/c17-13-9-11-8-12-2-1-3-16(12,19-4-6-20-7-5-19)21-15(11)14(18)10-13/h8-10H,1-7H2/t16-/m0/s1. The second kappa shape index (κ2) is 5.17. The van der Waals surface area contributed by atoms with E-state index in [-0.39, 0.29) is 5.72 Å². The van der Waals surface area contributed by atoms with E-state index in [0.717, 1.165) is 56.9 Å². The summed E-state index contributed by atoms with van der Waals surface area (Å²) in [6.45, 7) is 3.33. The van der Waals surface area contributed by atoms with Gasteiger partial charge >= 0.3 is 0 Å². The molecule has 0 spiro atoms. The molecule has 112 valence electrons. The minimum Gasteiger partial charge on any atom is -0.466 e. The van der Waals surface area contributed by atoms with Gasteiger partial charge in [-0.1, -0.05) is 23.2 Å². The van der Waals surface area contributed by atoms with Gasteiger partial charge in [0.1, 0.15) is 5.75 Å². The average molecular weight is 326 g/mol. The smallest absolute Gasteiger partial charge is 0.186 e. The van der Waals surface area contributed by atoms with Crippen molar-refractivity contribution in [3.05, 3.63) is 33.3 Å². The largest absolute Gasteiger partial charge is 0.466 e. The van der Waals surface area contributed by atoms with Crippen LogP contribution in [-0.2, 0) is 4.74 Å². The van der Waals surface area contributed by atoms with Crippen molar-refractivity contribution in [3.63, 3.8) is 0 Å². The lowest BCUT2D eigenvalue weighted by Crippen LogP contribution is -2.57.